The summed E-state index contributed by atoms with van der Waals surface area (Å²) in [6.45, 7) is 1.91. The number of aromatic nitrogens is 1. The van der Waals surface area contributed by atoms with Gasteiger partial charge in [-0.05, 0) is 41.8 Å². The number of hydrogen-bond acceptors (Lipinski definition) is 6. The third-order valence-electron chi connectivity index (χ3n) is 5.39. The van der Waals surface area contributed by atoms with Crippen molar-refractivity contribution in [3.8, 4) is 28.6 Å². The summed E-state index contributed by atoms with van der Waals surface area (Å²) < 4.78 is 16.3. The molecule has 32 heavy (non-hydrogen) atoms. The molecule has 0 saturated heterocycles. The molecule has 2 aromatic carbocycles. The molecule has 164 valence electrons. The van der Waals surface area contributed by atoms with Gasteiger partial charge in [-0.1, -0.05) is 30.3 Å². The van der Waals surface area contributed by atoms with Crippen molar-refractivity contribution in [2.75, 3.05) is 20.8 Å². The van der Waals surface area contributed by atoms with E-state index in [2.05, 4.69) is 16.4 Å². The molecule has 1 aromatic heterocycles. The van der Waals surface area contributed by atoms with Crippen molar-refractivity contribution in [3.63, 3.8) is 0 Å². The molecule has 7 nitrogen and oxygen atoms in total. The van der Waals surface area contributed by atoms with E-state index in [0.717, 1.165) is 22.4 Å². The van der Waals surface area contributed by atoms with Gasteiger partial charge in [-0.2, -0.15) is 4.98 Å². The number of ether oxygens (including phenoxy) is 3. The Kier molecular flexibility index (Phi) is 6.07. The number of methoxy groups -OCH3 is 2. The van der Waals surface area contributed by atoms with E-state index < -0.39 is 0 Å². The Labute approximate surface area is 186 Å². The largest absolute Gasteiger partial charge is 0.488 e. The second-order valence-electron chi connectivity index (χ2n) is 7.49. The average molecular weight is 432 g/mol. The normalized spacial score (nSPS) is 14.3. The number of benzene rings is 2. The number of pyridine rings is 1. The summed E-state index contributed by atoms with van der Waals surface area (Å²) in [5.74, 6) is 1.09. The van der Waals surface area contributed by atoms with Crippen LogP contribution in [0.2, 0.25) is 0 Å². The number of amides is 1. The fourth-order valence-corrected chi connectivity index (χ4v) is 3.81. The summed E-state index contributed by atoms with van der Waals surface area (Å²) in [5, 5.41) is 2.89. The molecule has 0 saturated carbocycles. The Morgan fingerprint density at radius 2 is 1.88 bits per heavy atom. The van der Waals surface area contributed by atoms with Crippen molar-refractivity contribution in [3.05, 3.63) is 71.3 Å². The number of nitrogens with one attached hydrogen (secondary N) is 1. The molecule has 0 spiro atoms. The monoisotopic (exact) mass is 432 g/mol. The fourth-order valence-electron chi connectivity index (χ4n) is 3.81. The first kappa shape index (κ1) is 21.4. The van der Waals surface area contributed by atoms with E-state index in [9.17, 15) is 9.59 Å². The molecule has 1 aliphatic heterocycles. The molecule has 0 bridgehead atoms. The lowest BCUT2D eigenvalue weighted by molar-refractivity contribution is 0.0929. The fraction of sp³-hybridized carbons (Fsp3) is 0.240. The average Bonchev–Trinajstić information content (AvgIpc) is 3.24. The van der Waals surface area contributed by atoms with Crippen molar-refractivity contribution in [1.82, 2.24) is 10.3 Å². The Bertz CT molecular complexity index is 1170. The molecular weight excluding hydrogens is 408 g/mol. The smallest absolute Gasteiger partial charge is 0.256 e. The number of carbonyl (C=O) groups is 2. The molecular formula is C25H24N2O5. The van der Waals surface area contributed by atoms with E-state index in [1.165, 1.54) is 14.2 Å². The number of carbonyl (C=O) groups excluding carboxylic acids is 2. The second-order valence-corrected chi connectivity index (χ2v) is 7.49. The number of ketones is 1. The van der Waals surface area contributed by atoms with Gasteiger partial charge in [-0.25, -0.2) is 0 Å². The van der Waals surface area contributed by atoms with Gasteiger partial charge in [0.1, 0.15) is 17.4 Å². The molecule has 0 fully saturated rings. The highest BCUT2D eigenvalue weighted by Crippen LogP contribution is 2.34. The van der Waals surface area contributed by atoms with Crippen LogP contribution in [0.25, 0.3) is 11.1 Å². The third-order valence-corrected chi connectivity index (χ3v) is 5.39. The maximum Gasteiger partial charge on any atom is 0.256 e. The van der Waals surface area contributed by atoms with Crippen LogP contribution in [0.4, 0.5) is 0 Å². The molecule has 1 amide bonds. The molecule has 0 aliphatic carbocycles. The van der Waals surface area contributed by atoms with Crippen LogP contribution in [0.3, 0.4) is 0 Å². The summed E-state index contributed by atoms with van der Waals surface area (Å²) in [6, 6.07) is 16.7. The predicted molar refractivity (Wildman–Crippen MR) is 120 cm³/mol. The Balaban J connectivity index is 1.44. The van der Waals surface area contributed by atoms with Crippen molar-refractivity contribution in [1.29, 1.82) is 0 Å². The van der Waals surface area contributed by atoms with Gasteiger partial charge in [0.2, 0.25) is 11.8 Å². The van der Waals surface area contributed by atoms with E-state index >= 15 is 0 Å². The van der Waals surface area contributed by atoms with Crippen molar-refractivity contribution < 1.29 is 23.8 Å². The lowest BCUT2D eigenvalue weighted by atomic mass is 9.95. The minimum Gasteiger partial charge on any atom is -0.488 e. The minimum absolute atomic E-state index is 0.0291. The number of rotatable bonds is 7. The van der Waals surface area contributed by atoms with Crippen molar-refractivity contribution in [2.45, 2.75) is 19.4 Å². The molecule has 1 unspecified atom stereocenters. The molecule has 3 aromatic rings. The van der Waals surface area contributed by atoms with Gasteiger partial charge in [0.25, 0.3) is 5.91 Å². The van der Waals surface area contributed by atoms with Crippen molar-refractivity contribution >= 4 is 11.7 Å². The summed E-state index contributed by atoms with van der Waals surface area (Å²) in [6.07, 6.45) is 0.466. The third kappa shape index (κ3) is 4.27. The molecule has 2 heterocycles. The topological polar surface area (TPSA) is 86.8 Å². The van der Waals surface area contributed by atoms with Gasteiger partial charge in [0, 0.05) is 18.1 Å². The van der Waals surface area contributed by atoms with E-state index in [1.807, 2.05) is 36.4 Å². The summed E-state index contributed by atoms with van der Waals surface area (Å²) in [5.41, 5.74) is 3.93. The SMILES string of the molecule is COc1ccc(C(=O)NCC2Cc3cc(-c4ccccc4C(C)=O)ccc3O2)c(OC)n1. The molecule has 1 N–H and O–H groups in total. The Morgan fingerprint density at radius 3 is 2.62 bits per heavy atom. The van der Waals surface area contributed by atoms with Crippen LogP contribution in [0.15, 0.2) is 54.6 Å². The van der Waals surface area contributed by atoms with Crippen LogP contribution >= 0.6 is 0 Å². The number of fused-ring (bicyclic) bond motifs is 1. The minimum atomic E-state index is -0.298. The summed E-state index contributed by atoms with van der Waals surface area (Å²) in [4.78, 5) is 28.8. The van der Waals surface area contributed by atoms with Crippen molar-refractivity contribution in [2.24, 2.45) is 0 Å². The van der Waals surface area contributed by atoms with Gasteiger partial charge in [-0.15, -0.1) is 0 Å². The highest BCUT2D eigenvalue weighted by molar-refractivity contribution is 6.01. The first-order valence-electron chi connectivity index (χ1n) is 10.3. The zero-order valence-electron chi connectivity index (χ0n) is 18.2. The molecule has 0 radical (unpaired) electrons. The van der Waals surface area contributed by atoms with Gasteiger partial charge >= 0.3 is 0 Å². The lowest BCUT2D eigenvalue weighted by Crippen LogP contribution is -2.34. The highest BCUT2D eigenvalue weighted by Gasteiger charge is 2.25. The predicted octanol–water partition coefficient (Wildman–Crippen LogP) is 3.70. The maximum absolute atomic E-state index is 12.6. The first-order valence-corrected chi connectivity index (χ1v) is 10.3. The van der Waals surface area contributed by atoms with Crippen LogP contribution in [0.1, 0.15) is 33.2 Å². The molecule has 1 aliphatic rings. The van der Waals surface area contributed by atoms with Gasteiger partial charge < -0.3 is 19.5 Å². The molecule has 1 atom stereocenters. The number of hydrogen-bond donors (Lipinski definition) is 1. The Hall–Kier alpha value is -3.87. The van der Waals surface area contributed by atoms with Crippen LogP contribution < -0.4 is 19.5 Å². The zero-order valence-corrected chi connectivity index (χ0v) is 18.2. The van der Waals surface area contributed by atoms with E-state index in [4.69, 9.17) is 14.2 Å². The van der Waals surface area contributed by atoms with Crippen LogP contribution in [0.5, 0.6) is 17.5 Å². The standard InChI is InChI=1S/C25H24N2O5/c1-15(28)19-6-4-5-7-20(19)16-8-10-22-17(12-16)13-18(32-22)14-26-24(29)21-9-11-23(30-2)27-25(21)31-3/h4-12,18H,13-14H2,1-3H3,(H,26,29). The first-order chi connectivity index (χ1) is 15.5. The van der Waals surface area contributed by atoms with Gasteiger partial charge in [0.05, 0.1) is 20.8 Å². The van der Waals surface area contributed by atoms with Crippen LogP contribution in [-0.4, -0.2) is 43.5 Å². The van der Waals surface area contributed by atoms with E-state index in [1.54, 1.807) is 19.1 Å². The zero-order chi connectivity index (χ0) is 22.7. The van der Waals surface area contributed by atoms with Gasteiger partial charge in [0.15, 0.2) is 5.78 Å². The van der Waals surface area contributed by atoms with E-state index in [0.29, 0.717) is 30.0 Å². The highest BCUT2D eigenvalue weighted by atomic mass is 16.5. The van der Waals surface area contributed by atoms with E-state index in [-0.39, 0.29) is 23.7 Å². The van der Waals surface area contributed by atoms with Gasteiger partial charge in [-0.3, -0.25) is 9.59 Å². The number of Topliss-reactive ketones (excluding diaryl/α,β-unsaturated/α-hetero) is 1. The van der Waals surface area contributed by atoms with Crippen LogP contribution in [0, 0.1) is 0 Å². The Morgan fingerprint density at radius 1 is 1.06 bits per heavy atom. The quantitative estimate of drug-likeness (QED) is 0.573. The maximum atomic E-state index is 12.6. The number of nitrogens with zero attached hydrogens (tertiary/aromatic N) is 1. The second kappa shape index (κ2) is 9.09. The lowest BCUT2D eigenvalue weighted by Gasteiger charge is -2.13. The van der Waals surface area contributed by atoms with Crippen LogP contribution in [-0.2, 0) is 6.42 Å². The summed E-state index contributed by atoms with van der Waals surface area (Å²) >= 11 is 0. The molecule has 7 heteroatoms. The summed E-state index contributed by atoms with van der Waals surface area (Å²) in [7, 11) is 2.96. The molecule has 4 rings (SSSR count).